The van der Waals surface area contributed by atoms with E-state index in [1.54, 1.807) is 0 Å². The molecule has 5 rings (SSSR count). The highest BCUT2D eigenvalue weighted by atomic mass is 79.9. The first-order valence-electron chi connectivity index (χ1n) is 12.8. The minimum absolute atomic E-state index is 0.170. The molecule has 4 aromatic carbocycles. The van der Waals surface area contributed by atoms with E-state index in [-0.39, 0.29) is 18.0 Å². The lowest BCUT2D eigenvalue weighted by atomic mass is 9.74. The molecule has 3 nitrogen and oxygen atoms in total. The fourth-order valence-corrected chi connectivity index (χ4v) is 6.09. The first-order valence-corrected chi connectivity index (χ1v) is 13.6. The predicted molar refractivity (Wildman–Crippen MR) is 156 cm³/mol. The average Bonchev–Trinajstić information content (AvgIpc) is 2.95. The Morgan fingerprint density at radius 1 is 0.757 bits per heavy atom. The average molecular weight is 554 g/mol. The Kier molecular flexibility index (Phi) is 8.02. The van der Waals surface area contributed by atoms with Crippen LogP contribution in [0.1, 0.15) is 28.2 Å². The van der Waals surface area contributed by atoms with Gasteiger partial charge in [-0.2, -0.15) is 0 Å². The Morgan fingerprint density at radius 3 is 1.68 bits per heavy atom. The van der Waals surface area contributed by atoms with Crippen molar-refractivity contribution in [2.45, 2.75) is 23.6 Å². The van der Waals surface area contributed by atoms with Crippen molar-refractivity contribution >= 4 is 15.9 Å². The highest BCUT2D eigenvalue weighted by molar-refractivity contribution is 9.10. The van der Waals surface area contributed by atoms with Gasteiger partial charge in [0.25, 0.3) is 0 Å². The van der Waals surface area contributed by atoms with Gasteiger partial charge < -0.3 is 10.5 Å². The molecule has 0 saturated carbocycles. The monoisotopic (exact) mass is 552 g/mol. The number of likely N-dealkylation sites (tertiary alicyclic amines) is 1. The molecule has 2 N–H and O–H groups in total. The molecule has 0 radical (unpaired) electrons. The lowest BCUT2D eigenvalue weighted by Gasteiger charge is -2.55. The van der Waals surface area contributed by atoms with Crippen LogP contribution in [0.25, 0.3) is 0 Å². The topological polar surface area (TPSA) is 38.5 Å². The lowest BCUT2D eigenvalue weighted by molar-refractivity contribution is -0.0862. The lowest BCUT2D eigenvalue weighted by Crippen LogP contribution is -2.66. The first kappa shape index (κ1) is 25.6. The molecule has 0 bridgehead atoms. The molecule has 3 atom stereocenters. The maximum absolute atomic E-state index is 7.21. The van der Waals surface area contributed by atoms with E-state index in [1.807, 2.05) is 6.08 Å². The Bertz CT molecular complexity index is 1180. The van der Waals surface area contributed by atoms with E-state index >= 15 is 0 Å². The van der Waals surface area contributed by atoms with Crippen LogP contribution >= 0.6 is 15.9 Å². The van der Waals surface area contributed by atoms with Gasteiger partial charge in [-0.1, -0.05) is 125 Å². The van der Waals surface area contributed by atoms with E-state index in [4.69, 9.17) is 10.5 Å². The molecule has 0 aliphatic carbocycles. The van der Waals surface area contributed by atoms with Crippen LogP contribution in [0.3, 0.4) is 0 Å². The van der Waals surface area contributed by atoms with E-state index in [2.05, 4.69) is 143 Å². The summed E-state index contributed by atoms with van der Waals surface area (Å²) in [6.07, 6.45) is 1.96. The van der Waals surface area contributed by atoms with Crippen LogP contribution in [-0.2, 0) is 10.3 Å². The summed E-state index contributed by atoms with van der Waals surface area (Å²) < 4.78 is 8.29. The molecule has 1 saturated heterocycles. The third kappa shape index (κ3) is 4.95. The van der Waals surface area contributed by atoms with Crippen LogP contribution in [0.2, 0.25) is 0 Å². The van der Waals surface area contributed by atoms with Crippen molar-refractivity contribution in [3.63, 3.8) is 0 Å². The Morgan fingerprint density at radius 2 is 1.24 bits per heavy atom. The molecule has 188 valence electrons. The SMILES string of the molecule is C=CCN1[C@H](CN)[C@H](c2ccc(Br)cc2)[C@H]1COC(c1ccccc1)(c1ccccc1)c1ccccc1. The summed E-state index contributed by atoms with van der Waals surface area (Å²) >= 11 is 3.58. The van der Waals surface area contributed by atoms with Gasteiger partial charge in [0, 0.05) is 35.6 Å². The van der Waals surface area contributed by atoms with Gasteiger partial charge in [-0.05, 0) is 34.4 Å². The van der Waals surface area contributed by atoms with Gasteiger partial charge in [0.1, 0.15) is 5.60 Å². The standard InChI is InChI=1S/C33H33BrN2O/c1-2-22-36-30(23-35)32(25-18-20-29(34)21-19-25)31(36)24-37-33(26-12-6-3-7-13-26,27-14-8-4-9-15-27)28-16-10-5-11-17-28/h2-21,30-32H,1,22-24,35H2/t30-,31-,32+/m1/s1. The Balaban J connectivity index is 1.58. The first-order chi connectivity index (χ1) is 18.2. The van der Waals surface area contributed by atoms with Crippen LogP contribution in [0.5, 0.6) is 0 Å². The summed E-state index contributed by atoms with van der Waals surface area (Å²) in [5.41, 5.74) is 10.2. The number of halogens is 1. The van der Waals surface area contributed by atoms with E-state index < -0.39 is 5.60 Å². The summed E-state index contributed by atoms with van der Waals surface area (Å²) in [6, 6.07) is 40.7. The highest BCUT2D eigenvalue weighted by Crippen LogP contribution is 2.45. The highest BCUT2D eigenvalue weighted by Gasteiger charge is 2.49. The number of benzene rings is 4. The molecular weight excluding hydrogens is 520 g/mol. The van der Waals surface area contributed by atoms with E-state index in [0.29, 0.717) is 13.2 Å². The molecule has 1 aliphatic rings. The molecule has 37 heavy (non-hydrogen) atoms. The second kappa shape index (κ2) is 11.6. The zero-order valence-corrected chi connectivity index (χ0v) is 22.5. The van der Waals surface area contributed by atoms with Crippen molar-refractivity contribution in [3.05, 3.63) is 155 Å². The molecule has 0 spiro atoms. The molecule has 4 heteroatoms. The van der Waals surface area contributed by atoms with Crippen LogP contribution in [0.4, 0.5) is 0 Å². The van der Waals surface area contributed by atoms with Gasteiger partial charge in [-0.3, -0.25) is 4.90 Å². The number of nitrogens with two attached hydrogens (primary N) is 1. The van der Waals surface area contributed by atoms with Crippen LogP contribution in [0, 0.1) is 0 Å². The van der Waals surface area contributed by atoms with E-state index in [0.717, 1.165) is 27.7 Å². The molecule has 1 fully saturated rings. The van der Waals surface area contributed by atoms with Crippen molar-refractivity contribution in [2.24, 2.45) is 5.73 Å². The van der Waals surface area contributed by atoms with Gasteiger partial charge in [0.2, 0.25) is 0 Å². The Hall–Kier alpha value is -3.02. The van der Waals surface area contributed by atoms with Gasteiger partial charge in [-0.25, -0.2) is 0 Å². The smallest absolute Gasteiger partial charge is 0.143 e. The van der Waals surface area contributed by atoms with E-state index in [1.165, 1.54) is 5.56 Å². The summed E-state index contributed by atoms with van der Waals surface area (Å²) in [6.45, 7) is 5.93. The minimum Gasteiger partial charge on any atom is -0.359 e. The number of rotatable bonds is 10. The molecule has 0 aromatic heterocycles. The molecule has 1 heterocycles. The largest absolute Gasteiger partial charge is 0.359 e. The van der Waals surface area contributed by atoms with Crippen molar-refractivity contribution in [1.82, 2.24) is 4.90 Å². The molecule has 0 amide bonds. The van der Waals surface area contributed by atoms with E-state index in [9.17, 15) is 0 Å². The summed E-state index contributed by atoms with van der Waals surface area (Å²) in [4.78, 5) is 2.44. The maximum Gasteiger partial charge on any atom is 0.143 e. The van der Waals surface area contributed by atoms with Crippen LogP contribution in [0.15, 0.2) is 132 Å². The van der Waals surface area contributed by atoms with Crippen molar-refractivity contribution in [3.8, 4) is 0 Å². The number of hydrogen-bond donors (Lipinski definition) is 1. The van der Waals surface area contributed by atoms with Gasteiger partial charge in [0.15, 0.2) is 0 Å². The normalized spacial score (nSPS) is 19.8. The number of nitrogens with zero attached hydrogens (tertiary/aromatic N) is 1. The summed E-state index contributed by atoms with van der Waals surface area (Å²) in [5, 5.41) is 0. The van der Waals surface area contributed by atoms with Gasteiger partial charge in [-0.15, -0.1) is 6.58 Å². The van der Waals surface area contributed by atoms with Crippen molar-refractivity contribution in [2.75, 3.05) is 19.7 Å². The fraction of sp³-hybridized carbons (Fsp3) is 0.212. The molecule has 4 aromatic rings. The van der Waals surface area contributed by atoms with Gasteiger partial charge >= 0.3 is 0 Å². The third-order valence-electron chi connectivity index (χ3n) is 7.53. The third-order valence-corrected chi connectivity index (χ3v) is 8.06. The second-order valence-corrected chi connectivity index (χ2v) is 10.4. The predicted octanol–water partition coefficient (Wildman–Crippen LogP) is 6.74. The van der Waals surface area contributed by atoms with Crippen molar-refractivity contribution < 1.29 is 4.74 Å². The molecule has 1 aliphatic heterocycles. The summed E-state index contributed by atoms with van der Waals surface area (Å²) in [7, 11) is 0. The fourth-order valence-electron chi connectivity index (χ4n) is 5.82. The minimum atomic E-state index is -0.748. The Labute approximate surface area is 228 Å². The zero-order chi connectivity index (χ0) is 25.7. The molecular formula is C33H33BrN2O. The van der Waals surface area contributed by atoms with Gasteiger partial charge in [0.05, 0.1) is 6.61 Å². The van der Waals surface area contributed by atoms with Crippen LogP contribution in [-0.4, -0.2) is 36.7 Å². The van der Waals surface area contributed by atoms with Crippen molar-refractivity contribution in [1.29, 1.82) is 0 Å². The summed E-state index contributed by atoms with van der Waals surface area (Å²) in [5.74, 6) is 0.276. The van der Waals surface area contributed by atoms with Crippen LogP contribution < -0.4 is 5.73 Å². The maximum atomic E-state index is 7.21. The zero-order valence-electron chi connectivity index (χ0n) is 20.9. The molecule has 0 unspecified atom stereocenters. The second-order valence-electron chi connectivity index (χ2n) is 9.52. The number of ether oxygens (including phenoxy) is 1. The number of hydrogen-bond acceptors (Lipinski definition) is 3. The quantitative estimate of drug-likeness (QED) is 0.175.